The van der Waals surface area contributed by atoms with Crippen molar-refractivity contribution in [1.29, 1.82) is 0 Å². The van der Waals surface area contributed by atoms with Crippen LogP contribution in [0.25, 0.3) is 0 Å². The van der Waals surface area contributed by atoms with E-state index in [1.807, 2.05) is 77.1 Å². The molecule has 2 atom stereocenters. The van der Waals surface area contributed by atoms with Crippen molar-refractivity contribution in [2.75, 3.05) is 13.2 Å². The van der Waals surface area contributed by atoms with Gasteiger partial charge in [-0.3, -0.25) is 0 Å². The van der Waals surface area contributed by atoms with Gasteiger partial charge in [0, 0.05) is 0 Å². The summed E-state index contributed by atoms with van der Waals surface area (Å²) in [6, 6.07) is 9.55. The molecular weight excluding hydrogens is 346 g/mol. The summed E-state index contributed by atoms with van der Waals surface area (Å²) in [6.45, 7) is 10.5. The molecule has 1 fully saturated rings. The van der Waals surface area contributed by atoms with Crippen molar-refractivity contribution in [1.82, 2.24) is 5.32 Å². The Balaban J connectivity index is 1.91. The third-order valence-electron chi connectivity index (χ3n) is 3.70. The van der Waals surface area contributed by atoms with E-state index < -0.39 is 17.5 Å². The van der Waals surface area contributed by atoms with Crippen molar-refractivity contribution in [3.05, 3.63) is 48.0 Å². The zero-order valence-electron chi connectivity index (χ0n) is 16.9. The third kappa shape index (κ3) is 8.56. The van der Waals surface area contributed by atoms with Gasteiger partial charge in [-0.2, -0.15) is 0 Å². The maximum atomic E-state index is 12.1. The Hall–Kier alpha value is -1.89. The summed E-state index contributed by atoms with van der Waals surface area (Å²) < 4.78 is 22.4. The van der Waals surface area contributed by atoms with Crippen LogP contribution in [-0.2, 0) is 25.6 Å². The smallest absolute Gasteiger partial charge is 0.408 e. The summed E-state index contributed by atoms with van der Waals surface area (Å²) in [7, 11) is 0. The average Bonchev–Trinajstić information content (AvgIpc) is 2.91. The molecule has 1 aliphatic rings. The van der Waals surface area contributed by atoms with Gasteiger partial charge in [0.05, 0.1) is 25.9 Å². The van der Waals surface area contributed by atoms with E-state index in [-0.39, 0.29) is 12.1 Å². The van der Waals surface area contributed by atoms with E-state index in [1.54, 1.807) is 0 Å². The van der Waals surface area contributed by atoms with Crippen LogP contribution in [0.5, 0.6) is 0 Å². The summed E-state index contributed by atoms with van der Waals surface area (Å²) >= 11 is 0. The number of hydrogen-bond donors (Lipinski definition) is 1. The first-order valence-corrected chi connectivity index (χ1v) is 9.24. The molecule has 1 aromatic rings. The molecule has 2 rings (SSSR count). The first kappa shape index (κ1) is 21.4. The number of carbonyl (C=O) groups is 1. The van der Waals surface area contributed by atoms with Gasteiger partial charge in [-0.25, -0.2) is 4.79 Å². The first-order chi connectivity index (χ1) is 12.6. The number of alkyl carbamates (subject to hydrolysis) is 1. The summed E-state index contributed by atoms with van der Waals surface area (Å²) in [5.41, 5.74) is 0.516. The second-order valence-electron chi connectivity index (χ2n) is 8.01. The van der Waals surface area contributed by atoms with Crippen LogP contribution in [0.3, 0.4) is 0 Å². The molecule has 1 aliphatic heterocycles. The highest BCUT2D eigenvalue weighted by Gasteiger charge is 2.31. The predicted octanol–water partition coefficient (Wildman–Crippen LogP) is 3.80. The maximum Gasteiger partial charge on any atom is 0.408 e. The topological polar surface area (TPSA) is 66.0 Å². The fourth-order valence-corrected chi connectivity index (χ4v) is 2.55. The molecule has 0 unspecified atom stereocenters. The normalized spacial score (nSPS) is 20.6. The molecule has 0 spiro atoms. The van der Waals surface area contributed by atoms with Crippen LogP contribution in [0, 0.1) is 0 Å². The lowest BCUT2D eigenvalue weighted by Crippen LogP contribution is -2.40. The van der Waals surface area contributed by atoms with Gasteiger partial charge in [0.2, 0.25) is 0 Å². The largest absolute Gasteiger partial charge is 0.444 e. The van der Waals surface area contributed by atoms with Crippen molar-refractivity contribution in [2.45, 2.75) is 64.8 Å². The highest BCUT2D eigenvalue weighted by Crippen LogP contribution is 2.23. The molecule has 1 amide bonds. The van der Waals surface area contributed by atoms with Gasteiger partial charge in [-0.15, -0.1) is 0 Å². The molecule has 0 bridgehead atoms. The Labute approximate surface area is 161 Å². The molecule has 0 aliphatic carbocycles. The van der Waals surface area contributed by atoms with Gasteiger partial charge in [-0.05, 0) is 40.2 Å². The quantitative estimate of drug-likeness (QED) is 0.732. The fourth-order valence-electron chi connectivity index (χ4n) is 2.55. The van der Waals surface area contributed by atoms with Gasteiger partial charge in [0.15, 0.2) is 5.79 Å². The second kappa shape index (κ2) is 9.35. The Bertz CT molecular complexity index is 621. The van der Waals surface area contributed by atoms with Gasteiger partial charge < -0.3 is 24.3 Å². The molecule has 0 saturated carbocycles. The summed E-state index contributed by atoms with van der Waals surface area (Å²) in [6.07, 6.45) is 3.12. The van der Waals surface area contributed by atoms with Gasteiger partial charge in [0.25, 0.3) is 0 Å². The van der Waals surface area contributed by atoms with Crippen LogP contribution in [-0.4, -0.2) is 42.8 Å². The van der Waals surface area contributed by atoms with E-state index in [0.29, 0.717) is 19.8 Å². The SMILES string of the molecule is CC(C)(C)OC(=O)N[C@@H](/C=C\[C@@H]1COC(C)(C)O1)COCc1ccccc1. The number of rotatable bonds is 7. The molecule has 1 N–H and O–H groups in total. The number of ether oxygens (including phenoxy) is 4. The van der Waals surface area contributed by atoms with E-state index in [4.69, 9.17) is 18.9 Å². The highest BCUT2D eigenvalue weighted by atomic mass is 16.7. The fraction of sp³-hybridized carbons (Fsp3) is 0.571. The molecule has 6 nitrogen and oxygen atoms in total. The van der Waals surface area contributed by atoms with Gasteiger partial charge >= 0.3 is 6.09 Å². The lowest BCUT2D eigenvalue weighted by molar-refractivity contribution is -0.133. The Kier molecular flexibility index (Phi) is 7.41. The van der Waals surface area contributed by atoms with E-state index in [0.717, 1.165) is 5.56 Å². The lowest BCUT2D eigenvalue weighted by atomic mass is 10.2. The Morgan fingerprint density at radius 1 is 1.33 bits per heavy atom. The molecule has 1 heterocycles. The van der Waals surface area contributed by atoms with E-state index in [2.05, 4.69) is 5.32 Å². The van der Waals surface area contributed by atoms with Crippen LogP contribution < -0.4 is 5.32 Å². The average molecular weight is 377 g/mol. The zero-order valence-corrected chi connectivity index (χ0v) is 16.9. The van der Waals surface area contributed by atoms with Crippen LogP contribution in [0.4, 0.5) is 4.79 Å². The number of hydrogen-bond acceptors (Lipinski definition) is 5. The van der Waals surface area contributed by atoms with Gasteiger partial charge in [-0.1, -0.05) is 42.5 Å². The minimum Gasteiger partial charge on any atom is -0.444 e. The lowest BCUT2D eigenvalue weighted by Gasteiger charge is -2.22. The maximum absolute atomic E-state index is 12.1. The zero-order chi connectivity index (χ0) is 19.9. The highest BCUT2D eigenvalue weighted by molar-refractivity contribution is 5.68. The number of carbonyl (C=O) groups excluding carboxylic acids is 1. The van der Waals surface area contributed by atoms with Crippen molar-refractivity contribution in [3.8, 4) is 0 Å². The summed E-state index contributed by atoms with van der Waals surface area (Å²) in [4.78, 5) is 12.1. The van der Waals surface area contributed by atoms with Crippen molar-refractivity contribution in [3.63, 3.8) is 0 Å². The van der Waals surface area contributed by atoms with Crippen molar-refractivity contribution < 1.29 is 23.7 Å². The van der Waals surface area contributed by atoms with Gasteiger partial charge in [0.1, 0.15) is 11.7 Å². The Morgan fingerprint density at radius 2 is 2.04 bits per heavy atom. The first-order valence-electron chi connectivity index (χ1n) is 9.24. The molecule has 150 valence electrons. The second-order valence-corrected chi connectivity index (χ2v) is 8.01. The third-order valence-corrected chi connectivity index (χ3v) is 3.70. The summed E-state index contributed by atoms with van der Waals surface area (Å²) in [5, 5.41) is 2.84. The minimum absolute atomic E-state index is 0.156. The van der Waals surface area contributed by atoms with Crippen LogP contribution in [0.1, 0.15) is 40.2 Å². The van der Waals surface area contributed by atoms with E-state index in [9.17, 15) is 4.79 Å². The van der Waals surface area contributed by atoms with Crippen LogP contribution in [0.2, 0.25) is 0 Å². The van der Waals surface area contributed by atoms with E-state index >= 15 is 0 Å². The number of amides is 1. The van der Waals surface area contributed by atoms with Crippen LogP contribution >= 0.6 is 0 Å². The molecule has 0 radical (unpaired) electrons. The number of benzene rings is 1. The van der Waals surface area contributed by atoms with Crippen molar-refractivity contribution >= 4 is 6.09 Å². The predicted molar refractivity (Wildman–Crippen MR) is 103 cm³/mol. The minimum atomic E-state index is -0.590. The molecular formula is C21H31NO5. The monoisotopic (exact) mass is 377 g/mol. The molecule has 6 heteroatoms. The Morgan fingerprint density at radius 3 is 2.63 bits per heavy atom. The molecule has 0 aromatic heterocycles. The van der Waals surface area contributed by atoms with E-state index in [1.165, 1.54) is 0 Å². The number of nitrogens with one attached hydrogen (secondary N) is 1. The van der Waals surface area contributed by atoms with Crippen molar-refractivity contribution in [2.24, 2.45) is 0 Å². The van der Waals surface area contributed by atoms with Crippen LogP contribution in [0.15, 0.2) is 42.5 Å². The molecule has 27 heavy (non-hydrogen) atoms. The standard InChI is InChI=1S/C21H31NO5/c1-20(2,3)27-19(23)22-17(11-12-18-15-25-21(4,5)26-18)14-24-13-16-9-7-6-8-10-16/h6-12,17-18H,13-15H2,1-5H3,(H,22,23)/b12-11-/t17-,18+/m0/s1. The summed E-state index contributed by atoms with van der Waals surface area (Å²) in [5.74, 6) is -0.590. The molecule has 1 saturated heterocycles. The molecule has 1 aromatic carbocycles.